The van der Waals surface area contributed by atoms with Crippen molar-refractivity contribution in [1.82, 2.24) is 20.1 Å². The fourth-order valence-corrected chi connectivity index (χ4v) is 3.57. The Morgan fingerprint density at radius 3 is 2.68 bits per heavy atom. The molecule has 4 rings (SSSR count). The molecule has 2 aromatic rings. The third kappa shape index (κ3) is 2.88. The van der Waals surface area contributed by atoms with Crippen LogP contribution >= 0.6 is 0 Å². The third-order valence-corrected chi connectivity index (χ3v) is 5.22. The molecule has 9 heteroatoms. The fraction of sp³-hybridized carbons (Fsp3) is 0.368. The van der Waals surface area contributed by atoms with Gasteiger partial charge in [0.2, 0.25) is 0 Å². The standard InChI is InChI=1S/C19H20N4O5/c1-19(15-5-4-8-28-15)17(26)23(18(27)21-19)11-14(24)12-9-13(20-10-12)16(25)22-6-2-3-7-22/h4-5,8-10,20H,2-3,6-7,11H2,1H3,(H,21,27)/t19-/m1/s1. The molecule has 2 fully saturated rings. The summed E-state index contributed by atoms with van der Waals surface area (Å²) >= 11 is 0. The van der Waals surface area contributed by atoms with Crippen LogP contribution in [0.5, 0.6) is 0 Å². The van der Waals surface area contributed by atoms with Crippen LogP contribution in [-0.2, 0) is 10.3 Å². The number of carbonyl (C=O) groups excluding carboxylic acids is 4. The van der Waals surface area contributed by atoms with Crippen LogP contribution < -0.4 is 5.32 Å². The Morgan fingerprint density at radius 2 is 2.00 bits per heavy atom. The molecule has 9 nitrogen and oxygen atoms in total. The molecule has 2 aromatic heterocycles. The smallest absolute Gasteiger partial charge is 0.325 e. The van der Waals surface area contributed by atoms with Gasteiger partial charge in [-0.1, -0.05) is 0 Å². The van der Waals surface area contributed by atoms with Crippen molar-refractivity contribution in [1.29, 1.82) is 0 Å². The Bertz CT molecular complexity index is 941. The number of ketones is 1. The van der Waals surface area contributed by atoms with Crippen molar-refractivity contribution in [3.05, 3.63) is 47.7 Å². The number of hydrogen-bond acceptors (Lipinski definition) is 5. The molecule has 2 aliphatic heterocycles. The lowest BCUT2D eigenvalue weighted by molar-refractivity contribution is -0.131. The quantitative estimate of drug-likeness (QED) is 0.599. The van der Waals surface area contributed by atoms with E-state index in [2.05, 4.69) is 10.3 Å². The van der Waals surface area contributed by atoms with E-state index >= 15 is 0 Å². The van der Waals surface area contributed by atoms with E-state index in [0.29, 0.717) is 24.5 Å². The molecule has 0 aliphatic carbocycles. The number of aromatic amines is 1. The van der Waals surface area contributed by atoms with Crippen LogP contribution in [0.1, 0.15) is 46.4 Å². The van der Waals surface area contributed by atoms with Crippen molar-refractivity contribution in [3.8, 4) is 0 Å². The average Bonchev–Trinajstić information content (AvgIpc) is 3.46. The monoisotopic (exact) mass is 384 g/mol. The van der Waals surface area contributed by atoms with Gasteiger partial charge in [0.25, 0.3) is 11.8 Å². The molecular weight excluding hydrogens is 364 g/mol. The molecule has 0 aromatic carbocycles. The maximum absolute atomic E-state index is 12.8. The minimum atomic E-state index is -1.35. The maximum atomic E-state index is 12.8. The first-order valence-electron chi connectivity index (χ1n) is 9.09. The van der Waals surface area contributed by atoms with Crippen LogP contribution in [0.3, 0.4) is 0 Å². The zero-order valence-corrected chi connectivity index (χ0v) is 15.4. The first-order chi connectivity index (χ1) is 13.4. The second-order valence-electron chi connectivity index (χ2n) is 7.15. The Hall–Kier alpha value is -3.36. The normalized spacial score (nSPS) is 22.0. The highest BCUT2D eigenvalue weighted by Crippen LogP contribution is 2.29. The first-order valence-corrected chi connectivity index (χ1v) is 9.09. The molecule has 0 saturated carbocycles. The number of carbonyl (C=O) groups is 4. The van der Waals surface area contributed by atoms with Gasteiger partial charge in [0, 0.05) is 24.8 Å². The maximum Gasteiger partial charge on any atom is 0.325 e. The number of amides is 4. The molecule has 0 unspecified atom stereocenters. The minimum absolute atomic E-state index is 0.156. The van der Waals surface area contributed by atoms with Crippen molar-refractivity contribution in [2.24, 2.45) is 0 Å². The summed E-state index contributed by atoms with van der Waals surface area (Å²) in [5.41, 5.74) is -0.784. The average molecular weight is 384 g/mol. The van der Waals surface area contributed by atoms with Crippen molar-refractivity contribution in [2.45, 2.75) is 25.3 Å². The number of hydrogen-bond donors (Lipinski definition) is 2. The number of likely N-dealkylation sites (tertiary alicyclic amines) is 1. The first kappa shape index (κ1) is 18.0. The SMILES string of the molecule is C[C@]1(c2ccco2)NC(=O)N(CC(=O)c2c[nH]c(C(=O)N3CCCC3)c2)C1=O. The van der Waals surface area contributed by atoms with Gasteiger partial charge in [-0.05, 0) is 38.0 Å². The summed E-state index contributed by atoms with van der Waals surface area (Å²) in [5, 5.41) is 2.57. The summed E-state index contributed by atoms with van der Waals surface area (Å²) in [6, 6.07) is 4.01. The van der Waals surface area contributed by atoms with Crippen LogP contribution in [0.4, 0.5) is 4.79 Å². The molecule has 1 atom stereocenters. The summed E-state index contributed by atoms with van der Waals surface area (Å²) in [6.45, 7) is 2.51. The summed E-state index contributed by atoms with van der Waals surface area (Å²) in [4.78, 5) is 55.4. The number of urea groups is 1. The van der Waals surface area contributed by atoms with E-state index < -0.39 is 29.8 Å². The summed E-state index contributed by atoms with van der Waals surface area (Å²) < 4.78 is 5.26. The van der Waals surface area contributed by atoms with Crippen LogP contribution in [0, 0.1) is 0 Å². The van der Waals surface area contributed by atoms with E-state index in [-0.39, 0.29) is 11.5 Å². The third-order valence-electron chi connectivity index (χ3n) is 5.22. The van der Waals surface area contributed by atoms with Gasteiger partial charge in [-0.15, -0.1) is 0 Å². The molecule has 2 N–H and O–H groups in total. The Labute approximate surface area is 160 Å². The lowest BCUT2D eigenvalue weighted by Crippen LogP contribution is -2.41. The van der Waals surface area contributed by atoms with Crippen molar-refractivity contribution >= 4 is 23.6 Å². The summed E-state index contributed by atoms with van der Waals surface area (Å²) in [6.07, 6.45) is 4.78. The lowest BCUT2D eigenvalue weighted by Gasteiger charge is -2.18. The van der Waals surface area contributed by atoms with Gasteiger partial charge in [0.1, 0.15) is 11.5 Å². The van der Waals surface area contributed by atoms with Crippen molar-refractivity contribution in [3.63, 3.8) is 0 Å². The van der Waals surface area contributed by atoms with E-state index in [4.69, 9.17) is 4.42 Å². The van der Waals surface area contributed by atoms with E-state index in [1.54, 1.807) is 17.0 Å². The lowest BCUT2D eigenvalue weighted by atomic mass is 9.99. The molecule has 0 spiro atoms. The number of nitrogens with one attached hydrogen (secondary N) is 2. The number of aromatic nitrogens is 1. The summed E-state index contributed by atoms with van der Waals surface area (Å²) in [7, 11) is 0. The number of furan rings is 1. The van der Waals surface area contributed by atoms with Gasteiger partial charge >= 0.3 is 6.03 Å². The topological polar surface area (TPSA) is 116 Å². The van der Waals surface area contributed by atoms with Gasteiger partial charge < -0.3 is 19.6 Å². The molecule has 0 radical (unpaired) electrons. The van der Waals surface area contributed by atoms with Gasteiger partial charge in [0.05, 0.1) is 12.8 Å². The number of H-pyrrole nitrogens is 1. The highest BCUT2D eigenvalue weighted by atomic mass is 16.3. The molecule has 2 saturated heterocycles. The number of rotatable bonds is 5. The van der Waals surface area contributed by atoms with Gasteiger partial charge in [-0.2, -0.15) is 0 Å². The highest BCUT2D eigenvalue weighted by Gasteiger charge is 2.51. The number of Topliss-reactive ketones (excluding diaryl/α,β-unsaturated/α-hetero) is 1. The van der Waals surface area contributed by atoms with Gasteiger partial charge in [-0.25, -0.2) is 4.79 Å². The number of nitrogens with zero attached hydrogens (tertiary/aromatic N) is 2. The zero-order valence-electron chi connectivity index (χ0n) is 15.4. The Balaban J connectivity index is 1.47. The Morgan fingerprint density at radius 1 is 1.25 bits per heavy atom. The zero-order chi connectivity index (χ0) is 19.9. The Kier molecular flexibility index (Phi) is 4.29. The van der Waals surface area contributed by atoms with Crippen LogP contribution in [0.25, 0.3) is 0 Å². The molecular formula is C19H20N4O5. The predicted octanol–water partition coefficient (Wildman–Crippen LogP) is 1.49. The minimum Gasteiger partial charge on any atom is -0.466 e. The molecule has 146 valence electrons. The molecule has 0 bridgehead atoms. The second kappa shape index (κ2) is 6.66. The van der Waals surface area contributed by atoms with Crippen molar-refractivity contribution < 1.29 is 23.6 Å². The van der Waals surface area contributed by atoms with E-state index in [0.717, 1.165) is 17.7 Å². The molecule has 2 aliphatic rings. The van der Waals surface area contributed by atoms with Crippen LogP contribution in [0.15, 0.2) is 35.1 Å². The summed E-state index contributed by atoms with van der Waals surface area (Å²) in [5.74, 6) is -0.869. The van der Waals surface area contributed by atoms with E-state index in [1.165, 1.54) is 25.5 Å². The highest BCUT2D eigenvalue weighted by molar-refractivity contribution is 6.11. The molecule has 28 heavy (non-hydrogen) atoms. The van der Waals surface area contributed by atoms with Gasteiger partial charge in [0.15, 0.2) is 11.3 Å². The largest absolute Gasteiger partial charge is 0.466 e. The fourth-order valence-electron chi connectivity index (χ4n) is 3.57. The van der Waals surface area contributed by atoms with E-state index in [9.17, 15) is 19.2 Å². The van der Waals surface area contributed by atoms with Crippen molar-refractivity contribution in [2.75, 3.05) is 19.6 Å². The second-order valence-corrected chi connectivity index (χ2v) is 7.15. The van der Waals surface area contributed by atoms with E-state index in [1.807, 2.05) is 0 Å². The predicted molar refractivity (Wildman–Crippen MR) is 96.6 cm³/mol. The number of imide groups is 1. The van der Waals surface area contributed by atoms with Gasteiger partial charge in [-0.3, -0.25) is 19.3 Å². The molecule has 4 heterocycles. The van der Waals surface area contributed by atoms with Crippen LogP contribution in [-0.4, -0.2) is 58.0 Å². The molecule has 4 amide bonds. The van der Waals surface area contributed by atoms with Crippen LogP contribution in [0.2, 0.25) is 0 Å².